The Morgan fingerprint density at radius 2 is 1.90 bits per heavy atom. The average Bonchev–Trinajstić information content (AvgIpc) is 2.69. The number of hydrogen-bond acceptors (Lipinski definition) is 7. The van der Waals surface area contributed by atoms with Crippen LogP contribution in [-0.2, 0) is 10.0 Å². The fraction of sp³-hybridized carbons (Fsp3) is 0.0526. The van der Waals surface area contributed by atoms with E-state index in [0.717, 1.165) is 11.8 Å². The molecule has 0 radical (unpaired) electrons. The van der Waals surface area contributed by atoms with Gasteiger partial charge in [0.25, 0.3) is 15.7 Å². The monoisotopic (exact) mass is 412 g/mol. The smallest absolute Gasteiger partial charge is 0.278 e. The predicted molar refractivity (Wildman–Crippen MR) is 107 cm³/mol. The van der Waals surface area contributed by atoms with E-state index < -0.39 is 14.9 Å². The molecule has 9 nitrogen and oxygen atoms in total. The summed E-state index contributed by atoms with van der Waals surface area (Å²) in [5, 5.41) is 14.9. The van der Waals surface area contributed by atoms with Crippen LogP contribution < -0.4 is 9.57 Å². The normalized spacial score (nSPS) is 11.3. The van der Waals surface area contributed by atoms with Crippen LogP contribution >= 0.6 is 0 Å². The van der Waals surface area contributed by atoms with E-state index in [4.69, 9.17) is 4.74 Å². The quantitative estimate of drug-likeness (QED) is 0.360. The summed E-state index contributed by atoms with van der Waals surface area (Å²) in [6, 6.07) is 13.6. The van der Waals surface area contributed by atoms with Gasteiger partial charge in [0.15, 0.2) is 0 Å². The van der Waals surface area contributed by atoms with Crippen LogP contribution in [0, 0.1) is 17.0 Å². The van der Waals surface area contributed by atoms with Crippen LogP contribution in [0.1, 0.15) is 11.1 Å². The van der Waals surface area contributed by atoms with E-state index in [-0.39, 0.29) is 16.1 Å². The number of nitro groups is 1. The molecule has 0 bridgehead atoms. The minimum atomic E-state index is -3.90. The number of hydrazone groups is 1. The first-order chi connectivity index (χ1) is 13.8. The van der Waals surface area contributed by atoms with Crippen LogP contribution in [0.5, 0.6) is 11.5 Å². The molecule has 0 saturated heterocycles. The highest BCUT2D eigenvalue weighted by atomic mass is 32.2. The van der Waals surface area contributed by atoms with Crippen molar-refractivity contribution in [2.75, 3.05) is 0 Å². The Morgan fingerprint density at radius 3 is 2.55 bits per heavy atom. The third-order valence-corrected chi connectivity index (χ3v) is 5.01. The Kier molecular flexibility index (Phi) is 5.84. The number of rotatable bonds is 7. The van der Waals surface area contributed by atoms with Gasteiger partial charge in [0, 0.05) is 12.3 Å². The van der Waals surface area contributed by atoms with Crippen molar-refractivity contribution in [2.45, 2.75) is 11.8 Å². The predicted octanol–water partition coefficient (Wildman–Crippen LogP) is 3.40. The molecule has 2 aromatic carbocycles. The SMILES string of the molecule is Cc1ccc(S(=O)(=O)N/N=C\c2cc(Oc3cccnc3)ccc2[N+](=O)[O-])cc1. The van der Waals surface area contributed by atoms with Crippen LogP contribution in [0.3, 0.4) is 0 Å². The zero-order chi connectivity index (χ0) is 20.9. The minimum Gasteiger partial charge on any atom is -0.456 e. The lowest BCUT2D eigenvalue weighted by molar-refractivity contribution is -0.385. The van der Waals surface area contributed by atoms with Crippen molar-refractivity contribution < 1.29 is 18.1 Å². The molecule has 1 N–H and O–H groups in total. The molecule has 0 aliphatic carbocycles. The highest BCUT2D eigenvalue weighted by Crippen LogP contribution is 2.26. The highest BCUT2D eigenvalue weighted by Gasteiger charge is 2.15. The number of aryl methyl sites for hydroxylation is 1. The molecule has 3 rings (SSSR count). The molecule has 0 saturated carbocycles. The zero-order valence-corrected chi connectivity index (χ0v) is 16.0. The first kappa shape index (κ1) is 20.0. The van der Waals surface area contributed by atoms with E-state index in [1.54, 1.807) is 30.5 Å². The summed E-state index contributed by atoms with van der Waals surface area (Å²) in [6.07, 6.45) is 4.13. The molecule has 3 aromatic rings. The third-order valence-electron chi connectivity index (χ3n) is 3.77. The molecule has 0 aliphatic rings. The van der Waals surface area contributed by atoms with E-state index in [9.17, 15) is 18.5 Å². The number of hydrogen-bond donors (Lipinski definition) is 1. The number of benzene rings is 2. The van der Waals surface area contributed by atoms with E-state index in [0.29, 0.717) is 11.5 Å². The molecule has 10 heteroatoms. The third kappa shape index (κ3) is 5.14. The van der Waals surface area contributed by atoms with Crippen molar-refractivity contribution in [2.24, 2.45) is 5.10 Å². The van der Waals surface area contributed by atoms with Crippen molar-refractivity contribution >= 4 is 21.9 Å². The number of nitrogens with zero attached hydrogens (tertiary/aromatic N) is 3. The molecular formula is C19H16N4O5S. The van der Waals surface area contributed by atoms with Gasteiger partial charge in [0.05, 0.1) is 27.8 Å². The molecule has 148 valence electrons. The Labute approximate surface area is 166 Å². The summed E-state index contributed by atoms with van der Waals surface area (Å²) in [6.45, 7) is 1.83. The van der Waals surface area contributed by atoms with E-state index in [1.807, 2.05) is 11.8 Å². The van der Waals surface area contributed by atoms with Crippen molar-refractivity contribution in [3.63, 3.8) is 0 Å². The van der Waals surface area contributed by atoms with Gasteiger partial charge in [0.1, 0.15) is 11.5 Å². The summed E-state index contributed by atoms with van der Waals surface area (Å²) < 4.78 is 30.1. The Bertz CT molecular complexity index is 1150. The van der Waals surface area contributed by atoms with E-state index in [1.165, 1.54) is 36.5 Å². The lowest BCUT2D eigenvalue weighted by atomic mass is 10.2. The molecular weight excluding hydrogens is 396 g/mol. The van der Waals surface area contributed by atoms with Crippen molar-refractivity contribution in [1.82, 2.24) is 9.82 Å². The van der Waals surface area contributed by atoms with Gasteiger partial charge in [-0.1, -0.05) is 17.7 Å². The van der Waals surface area contributed by atoms with Gasteiger partial charge in [-0.25, -0.2) is 4.83 Å². The van der Waals surface area contributed by atoms with Crippen LogP contribution in [0.25, 0.3) is 0 Å². The van der Waals surface area contributed by atoms with Crippen LogP contribution in [0.15, 0.2) is 77.0 Å². The summed E-state index contributed by atoms with van der Waals surface area (Å²) >= 11 is 0. The molecule has 1 aromatic heterocycles. The second-order valence-electron chi connectivity index (χ2n) is 5.93. The molecule has 0 fully saturated rings. The summed E-state index contributed by atoms with van der Waals surface area (Å²) in [5.41, 5.74) is 0.735. The lowest BCUT2D eigenvalue weighted by Gasteiger charge is -2.06. The number of nitrogens with one attached hydrogen (secondary N) is 1. The lowest BCUT2D eigenvalue weighted by Crippen LogP contribution is -2.18. The fourth-order valence-corrected chi connectivity index (χ4v) is 3.14. The van der Waals surface area contributed by atoms with E-state index >= 15 is 0 Å². The zero-order valence-electron chi connectivity index (χ0n) is 15.2. The Hall–Kier alpha value is -3.79. The highest BCUT2D eigenvalue weighted by molar-refractivity contribution is 7.89. The second kappa shape index (κ2) is 8.48. The van der Waals surface area contributed by atoms with Gasteiger partial charge in [-0.15, -0.1) is 0 Å². The van der Waals surface area contributed by atoms with Gasteiger partial charge in [0.2, 0.25) is 0 Å². The van der Waals surface area contributed by atoms with Gasteiger partial charge < -0.3 is 4.74 Å². The number of ether oxygens (including phenoxy) is 1. The molecule has 29 heavy (non-hydrogen) atoms. The first-order valence-electron chi connectivity index (χ1n) is 8.33. The summed E-state index contributed by atoms with van der Waals surface area (Å²) in [4.78, 5) is 16.7. The van der Waals surface area contributed by atoms with Gasteiger partial charge >= 0.3 is 0 Å². The van der Waals surface area contributed by atoms with Gasteiger partial charge in [-0.3, -0.25) is 15.1 Å². The van der Waals surface area contributed by atoms with Crippen LogP contribution in [0.4, 0.5) is 5.69 Å². The first-order valence-corrected chi connectivity index (χ1v) is 9.81. The maximum absolute atomic E-state index is 12.3. The van der Waals surface area contributed by atoms with Gasteiger partial charge in [-0.2, -0.15) is 13.5 Å². The number of aromatic nitrogens is 1. The van der Waals surface area contributed by atoms with Crippen molar-refractivity contribution in [1.29, 1.82) is 0 Å². The summed E-state index contributed by atoms with van der Waals surface area (Å²) in [5.74, 6) is 0.760. The molecule has 1 heterocycles. The number of nitro benzene ring substituents is 1. The molecule has 0 unspecified atom stereocenters. The second-order valence-corrected chi connectivity index (χ2v) is 7.60. The largest absolute Gasteiger partial charge is 0.456 e. The number of sulfonamides is 1. The van der Waals surface area contributed by atoms with E-state index in [2.05, 4.69) is 10.1 Å². The van der Waals surface area contributed by atoms with Gasteiger partial charge in [-0.05, 0) is 43.3 Å². The topological polar surface area (TPSA) is 124 Å². The molecule has 0 atom stereocenters. The maximum Gasteiger partial charge on any atom is 0.278 e. The molecule has 0 amide bonds. The Morgan fingerprint density at radius 1 is 1.14 bits per heavy atom. The minimum absolute atomic E-state index is 0.0309. The molecule has 0 aliphatic heterocycles. The van der Waals surface area contributed by atoms with Crippen molar-refractivity contribution in [3.8, 4) is 11.5 Å². The maximum atomic E-state index is 12.3. The average molecular weight is 412 g/mol. The standard InChI is InChI=1S/C19H16N4O5S/c1-14-4-7-18(8-5-14)29(26,27)22-21-12-15-11-16(6-9-19(15)23(24)25)28-17-3-2-10-20-13-17/h2-13,22H,1H3/b21-12-. The number of pyridine rings is 1. The molecule has 0 spiro atoms. The fourth-order valence-electron chi connectivity index (χ4n) is 2.34. The van der Waals surface area contributed by atoms with Crippen LogP contribution in [0.2, 0.25) is 0 Å². The Balaban J connectivity index is 1.83. The summed E-state index contributed by atoms with van der Waals surface area (Å²) in [7, 11) is -3.90. The van der Waals surface area contributed by atoms with Crippen molar-refractivity contribution in [3.05, 3.63) is 88.2 Å². The van der Waals surface area contributed by atoms with Crippen LogP contribution in [-0.4, -0.2) is 24.5 Å².